The Kier molecular flexibility index (Phi) is 5.77. The van der Waals surface area contributed by atoms with Crippen molar-refractivity contribution in [3.8, 4) is 0 Å². The quantitative estimate of drug-likeness (QED) is 0.766. The fourth-order valence-electron chi connectivity index (χ4n) is 1.12. The highest BCUT2D eigenvalue weighted by Crippen LogP contribution is 2.31. The van der Waals surface area contributed by atoms with E-state index in [-0.39, 0.29) is 11.9 Å². The molecule has 1 aromatic rings. The van der Waals surface area contributed by atoms with Gasteiger partial charge in [-0.1, -0.05) is 13.8 Å². The molecule has 0 fully saturated rings. The van der Waals surface area contributed by atoms with Crippen LogP contribution >= 0.6 is 54.8 Å². The van der Waals surface area contributed by atoms with Crippen LogP contribution in [0.2, 0.25) is 0 Å². The van der Waals surface area contributed by atoms with Crippen LogP contribution in [0.1, 0.15) is 24.2 Å². The molecule has 16 heavy (non-hydrogen) atoms. The molecule has 0 bridgehead atoms. The Labute approximate surface area is 121 Å². The van der Waals surface area contributed by atoms with Crippen LogP contribution in [0.15, 0.2) is 13.6 Å². The second-order valence-electron chi connectivity index (χ2n) is 3.72. The third-order valence-electron chi connectivity index (χ3n) is 2.19. The minimum atomic E-state index is -0.0897. The second kappa shape index (κ2) is 6.38. The zero-order chi connectivity index (χ0) is 12.3. The van der Waals surface area contributed by atoms with Gasteiger partial charge in [-0.2, -0.15) is 0 Å². The molecule has 2 nitrogen and oxygen atoms in total. The van der Waals surface area contributed by atoms with Gasteiger partial charge in [-0.05, 0) is 43.8 Å². The van der Waals surface area contributed by atoms with Crippen LogP contribution < -0.4 is 5.32 Å². The first-order chi connectivity index (χ1) is 7.45. The second-order valence-corrected chi connectivity index (χ2v) is 7.77. The van der Waals surface area contributed by atoms with Crippen LogP contribution in [0.3, 0.4) is 0 Å². The molecular weight excluding hydrogens is 377 g/mol. The van der Waals surface area contributed by atoms with Gasteiger partial charge in [-0.3, -0.25) is 4.79 Å². The van der Waals surface area contributed by atoms with E-state index in [0.29, 0.717) is 17.4 Å². The van der Waals surface area contributed by atoms with Crippen molar-refractivity contribution in [1.29, 1.82) is 0 Å². The van der Waals surface area contributed by atoms with Crippen molar-refractivity contribution in [3.63, 3.8) is 0 Å². The molecular formula is C10H12Br2ClNOS. The maximum absolute atomic E-state index is 11.9. The number of hydrogen-bond acceptors (Lipinski definition) is 2. The molecule has 0 saturated heterocycles. The van der Waals surface area contributed by atoms with E-state index in [2.05, 4.69) is 37.2 Å². The average Bonchev–Trinajstić information content (AvgIpc) is 2.53. The highest BCUT2D eigenvalue weighted by Gasteiger charge is 2.19. The smallest absolute Gasteiger partial charge is 0.253 e. The Morgan fingerprint density at radius 3 is 2.56 bits per heavy atom. The number of nitrogens with one attached hydrogen (secondary N) is 1. The topological polar surface area (TPSA) is 29.1 Å². The highest BCUT2D eigenvalue weighted by atomic mass is 79.9. The summed E-state index contributed by atoms with van der Waals surface area (Å²) in [4.78, 5) is 11.9. The predicted molar refractivity (Wildman–Crippen MR) is 76.5 cm³/mol. The summed E-state index contributed by atoms with van der Waals surface area (Å²) in [7, 11) is 0. The lowest BCUT2D eigenvalue weighted by Crippen LogP contribution is -2.39. The average molecular weight is 390 g/mol. The molecule has 1 rings (SSSR count). The van der Waals surface area contributed by atoms with Crippen LogP contribution in [0, 0.1) is 5.92 Å². The largest absolute Gasteiger partial charge is 0.348 e. The van der Waals surface area contributed by atoms with Gasteiger partial charge in [0.15, 0.2) is 0 Å². The van der Waals surface area contributed by atoms with Crippen molar-refractivity contribution < 1.29 is 4.79 Å². The summed E-state index contributed by atoms with van der Waals surface area (Å²) in [5, 5.41) is 2.92. The lowest BCUT2D eigenvalue weighted by atomic mass is 10.1. The van der Waals surface area contributed by atoms with Crippen molar-refractivity contribution in [3.05, 3.63) is 19.2 Å². The highest BCUT2D eigenvalue weighted by molar-refractivity contribution is 9.12. The Balaban J connectivity index is 2.75. The van der Waals surface area contributed by atoms with E-state index in [9.17, 15) is 4.79 Å². The van der Waals surface area contributed by atoms with Crippen LogP contribution in [0.25, 0.3) is 0 Å². The Morgan fingerprint density at radius 2 is 2.19 bits per heavy atom. The Morgan fingerprint density at radius 1 is 1.56 bits per heavy atom. The van der Waals surface area contributed by atoms with Crippen molar-refractivity contribution in [2.24, 2.45) is 5.92 Å². The van der Waals surface area contributed by atoms with Gasteiger partial charge in [0.2, 0.25) is 0 Å². The summed E-state index contributed by atoms with van der Waals surface area (Å²) in [5.41, 5.74) is 0.646. The third kappa shape index (κ3) is 3.72. The summed E-state index contributed by atoms with van der Waals surface area (Å²) in [6.45, 7) is 4.07. The summed E-state index contributed by atoms with van der Waals surface area (Å²) < 4.78 is 1.76. The first kappa shape index (κ1) is 14.5. The maximum atomic E-state index is 11.9. The predicted octanol–water partition coefficient (Wildman–Crippen LogP) is 4.27. The first-order valence-corrected chi connectivity index (χ1v) is 7.71. The zero-order valence-corrected chi connectivity index (χ0v) is 13.6. The van der Waals surface area contributed by atoms with Gasteiger partial charge >= 0.3 is 0 Å². The van der Waals surface area contributed by atoms with Gasteiger partial charge < -0.3 is 5.32 Å². The van der Waals surface area contributed by atoms with Crippen LogP contribution in [0.4, 0.5) is 0 Å². The van der Waals surface area contributed by atoms with Gasteiger partial charge in [0, 0.05) is 11.9 Å². The number of halogens is 3. The van der Waals surface area contributed by atoms with E-state index in [0.717, 1.165) is 7.57 Å². The number of thiophene rings is 1. The van der Waals surface area contributed by atoms with E-state index >= 15 is 0 Å². The van der Waals surface area contributed by atoms with Gasteiger partial charge in [0.1, 0.15) is 0 Å². The number of amides is 1. The summed E-state index contributed by atoms with van der Waals surface area (Å²) >= 11 is 14.0. The Bertz CT molecular complexity index is 381. The number of alkyl halides is 1. The molecule has 1 amide bonds. The number of hydrogen-bond donors (Lipinski definition) is 1. The van der Waals surface area contributed by atoms with Crippen LogP contribution in [-0.4, -0.2) is 17.8 Å². The van der Waals surface area contributed by atoms with E-state index in [1.165, 1.54) is 11.3 Å². The summed E-state index contributed by atoms with van der Waals surface area (Å²) in [6.07, 6.45) is 0. The molecule has 0 aliphatic carbocycles. The summed E-state index contributed by atoms with van der Waals surface area (Å²) in [5.74, 6) is 0.655. The normalized spacial score (nSPS) is 12.9. The molecule has 90 valence electrons. The fourth-order valence-corrected chi connectivity index (χ4v) is 4.35. The molecule has 0 aliphatic heterocycles. The number of carbonyl (C=O) groups is 1. The fraction of sp³-hybridized carbons (Fsp3) is 0.500. The minimum Gasteiger partial charge on any atom is -0.348 e. The molecule has 6 heteroatoms. The van der Waals surface area contributed by atoms with Crippen molar-refractivity contribution in [2.75, 3.05) is 5.88 Å². The first-order valence-electron chi connectivity index (χ1n) is 4.77. The van der Waals surface area contributed by atoms with Crippen molar-refractivity contribution >= 4 is 60.7 Å². The van der Waals surface area contributed by atoms with E-state index in [1.54, 1.807) is 6.07 Å². The standard InChI is InChI=1S/C10H12Br2ClNOS/c1-5(2)7(4-13)14-10(15)6-3-8(11)16-9(6)12/h3,5,7H,4H2,1-2H3,(H,14,15). The van der Waals surface area contributed by atoms with Crippen LogP contribution in [0.5, 0.6) is 0 Å². The molecule has 1 aromatic heterocycles. The molecule has 1 N–H and O–H groups in total. The van der Waals surface area contributed by atoms with Crippen molar-refractivity contribution in [2.45, 2.75) is 19.9 Å². The molecule has 0 aliphatic rings. The monoisotopic (exact) mass is 387 g/mol. The molecule has 1 atom stereocenters. The SMILES string of the molecule is CC(C)C(CCl)NC(=O)c1cc(Br)sc1Br. The van der Waals surface area contributed by atoms with Gasteiger partial charge in [0.25, 0.3) is 5.91 Å². The molecule has 1 heterocycles. The van der Waals surface area contributed by atoms with E-state index in [4.69, 9.17) is 11.6 Å². The van der Waals surface area contributed by atoms with Crippen LogP contribution in [-0.2, 0) is 0 Å². The van der Waals surface area contributed by atoms with Crippen molar-refractivity contribution in [1.82, 2.24) is 5.32 Å². The number of rotatable bonds is 4. The Hall–Kier alpha value is 0.420. The molecule has 0 spiro atoms. The van der Waals surface area contributed by atoms with E-state index in [1.807, 2.05) is 13.8 Å². The minimum absolute atomic E-state index is 0.000239. The maximum Gasteiger partial charge on any atom is 0.253 e. The zero-order valence-electron chi connectivity index (χ0n) is 8.89. The van der Waals surface area contributed by atoms with Gasteiger partial charge in [-0.25, -0.2) is 0 Å². The lowest BCUT2D eigenvalue weighted by molar-refractivity contribution is 0.0931. The molecule has 0 saturated carbocycles. The summed E-state index contributed by atoms with van der Waals surface area (Å²) in [6, 6.07) is 1.80. The van der Waals surface area contributed by atoms with E-state index < -0.39 is 0 Å². The molecule has 1 unspecified atom stereocenters. The number of carbonyl (C=O) groups excluding carboxylic acids is 1. The molecule has 0 radical (unpaired) electrons. The molecule has 0 aromatic carbocycles. The van der Waals surface area contributed by atoms with Gasteiger partial charge in [0.05, 0.1) is 13.1 Å². The lowest BCUT2D eigenvalue weighted by Gasteiger charge is -2.19. The third-order valence-corrected chi connectivity index (χ3v) is 4.86. The van der Waals surface area contributed by atoms with Gasteiger partial charge in [-0.15, -0.1) is 22.9 Å².